The van der Waals surface area contributed by atoms with Crippen molar-refractivity contribution in [2.45, 2.75) is 19.4 Å². The Balaban J connectivity index is 2.79. The fraction of sp³-hybridized carbons (Fsp3) is 0.538. The Morgan fingerprint density at radius 3 is 2.82 bits per heavy atom. The summed E-state index contributed by atoms with van der Waals surface area (Å²) < 4.78 is 6.51. The number of halogens is 1. The SMILES string of the molecule is CCNC(CSC)Cc1cc(Br)ccc1OC. The van der Waals surface area contributed by atoms with Crippen LogP contribution in [0.5, 0.6) is 5.75 Å². The van der Waals surface area contributed by atoms with Gasteiger partial charge in [0.05, 0.1) is 7.11 Å². The fourth-order valence-corrected chi connectivity index (χ4v) is 2.90. The zero-order chi connectivity index (χ0) is 12.7. The average molecular weight is 318 g/mol. The molecule has 0 heterocycles. The van der Waals surface area contributed by atoms with E-state index >= 15 is 0 Å². The predicted molar refractivity (Wildman–Crippen MR) is 80.2 cm³/mol. The second kappa shape index (κ2) is 8.01. The molecule has 1 unspecified atom stereocenters. The number of ether oxygens (including phenoxy) is 1. The van der Waals surface area contributed by atoms with Crippen molar-refractivity contribution in [3.05, 3.63) is 28.2 Å². The number of methoxy groups -OCH3 is 1. The summed E-state index contributed by atoms with van der Waals surface area (Å²) >= 11 is 5.38. The minimum atomic E-state index is 0.498. The first-order valence-electron chi connectivity index (χ1n) is 5.76. The lowest BCUT2D eigenvalue weighted by atomic mass is 10.1. The lowest BCUT2D eigenvalue weighted by Gasteiger charge is -2.18. The molecule has 96 valence electrons. The number of hydrogen-bond acceptors (Lipinski definition) is 3. The summed E-state index contributed by atoms with van der Waals surface area (Å²) in [5.74, 6) is 2.08. The highest BCUT2D eigenvalue weighted by atomic mass is 79.9. The van der Waals surface area contributed by atoms with E-state index in [2.05, 4.69) is 40.5 Å². The number of benzene rings is 1. The molecule has 0 spiro atoms. The van der Waals surface area contributed by atoms with E-state index in [1.54, 1.807) is 7.11 Å². The third-order valence-electron chi connectivity index (χ3n) is 2.57. The Bertz CT molecular complexity index is 340. The van der Waals surface area contributed by atoms with Gasteiger partial charge in [0.2, 0.25) is 0 Å². The summed E-state index contributed by atoms with van der Waals surface area (Å²) in [5, 5.41) is 3.51. The van der Waals surface area contributed by atoms with Gasteiger partial charge >= 0.3 is 0 Å². The molecule has 0 saturated heterocycles. The molecule has 1 atom stereocenters. The van der Waals surface area contributed by atoms with Crippen molar-refractivity contribution in [3.8, 4) is 5.75 Å². The van der Waals surface area contributed by atoms with Crippen molar-refractivity contribution in [1.82, 2.24) is 5.32 Å². The van der Waals surface area contributed by atoms with Crippen LogP contribution in [0, 0.1) is 0 Å². The summed E-state index contributed by atoms with van der Waals surface area (Å²) in [6.45, 7) is 3.15. The van der Waals surface area contributed by atoms with Gasteiger partial charge in [-0.15, -0.1) is 0 Å². The van der Waals surface area contributed by atoms with Crippen molar-refractivity contribution >= 4 is 27.7 Å². The average Bonchev–Trinajstić information content (AvgIpc) is 2.30. The van der Waals surface area contributed by atoms with Gasteiger partial charge in [-0.3, -0.25) is 0 Å². The van der Waals surface area contributed by atoms with Gasteiger partial charge in [0.15, 0.2) is 0 Å². The minimum Gasteiger partial charge on any atom is -0.496 e. The van der Waals surface area contributed by atoms with Crippen LogP contribution in [-0.4, -0.2) is 31.7 Å². The molecule has 0 amide bonds. The lowest BCUT2D eigenvalue weighted by Crippen LogP contribution is -2.33. The Morgan fingerprint density at radius 1 is 1.47 bits per heavy atom. The maximum absolute atomic E-state index is 5.40. The van der Waals surface area contributed by atoms with Gasteiger partial charge < -0.3 is 10.1 Å². The summed E-state index contributed by atoms with van der Waals surface area (Å²) in [7, 11) is 1.73. The second-order valence-electron chi connectivity index (χ2n) is 3.87. The standard InChI is InChI=1S/C13H20BrNOS/c1-4-15-12(9-17-3)8-10-7-11(14)5-6-13(10)16-2/h5-7,12,15H,4,8-9H2,1-3H3. The van der Waals surface area contributed by atoms with E-state index in [1.807, 2.05) is 23.9 Å². The summed E-state index contributed by atoms with van der Waals surface area (Å²) in [4.78, 5) is 0. The van der Waals surface area contributed by atoms with Crippen LogP contribution < -0.4 is 10.1 Å². The van der Waals surface area contributed by atoms with Crippen molar-refractivity contribution in [2.24, 2.45) is 0 Å². The van der Waals surface area contributed by atoms with Crippen LogP contribution in [-0.2, 0) is 6.42 Å². The molecule has 4 heteroatoms. The Kier molecular flexibility index (Phi) is 7.00. The molecule has 1 N–H and O–H groups in total. The summed E-state index contributed by atoms with van der Waals surface area (Å²) in [6.07, 6.45) is 3.14. The molecule has 0 saturated carbocycles. The van der Waals surface area contributed by atoms with Crippen molar-refractivity contribution < 1.29 is 4.74 Å². The molecule has 0 radical (unpaired) electrons. The van der Waals surface area contributed by atoms with E-state index in [-0.39, 0.29) is 0 Å². The molecule has 0 fully saturated rings. The molecule has 0 aliphatic rings. The third kappa shape index (κ3) is 4.90. The highest BCUT2D eigenvalue weighted by Crippen LogP contribution is 2.24. The van der Waals surface area contributed by atoms with Crippen molar-refractivity contribution in [1.29, 1.82) is 0 Å². The quantitative estimate of drug-likeness (QED) is 0.833. The highest BCUT2D eigenvalue weighted by Gasteiger charge is 2.11. The minimum absolute atomic E-state index is 0.498. The molecule has 0 aliphatic heterocycles. The van der Waals surface area contributed by atoms with Crippen LogP contribution in [0.15, 0.2) is 22.7 Å². The highest BCUT2D eigenvalue weighted by molar-refractivity contribution is 9.10. The van der Waals surface area contributed by atoms with Gasteiger partial charge in [-0.2, -0.15) is 11.8 Å². The monoisotopic (exact) mass is 317 g/mol. The first-order chi connectivity index (χ1) is 8.21. The number of rotatable bonds is 7. The number of thioether (sulfide) groups is 1. The van der Waals surface area contributed by atoms with Gasteiger partial charge in [-0.25, -0.2) is 0 Å². The smallest absolute Gasteiger partial charge is 0.122 e. The Morgan fingerprint density at radius 2 is 2.24 bits per heavy atom. The van der Waals surface area contributed by atoms with Gasteiger partial charge in [-0.05, 0) is 43.0 Å². The van der Waals surface area contributed by atoms with Gasteiger partial charge in [0, 0.05) is 16.3 Å². The van der Waals surface area contributed by atoms with Gasteiger partial charge in [-0.1, -0.05) is 22.9 Å². The number of nitrogens with one attached hydrogen (secondary N) is 1. The predicted octanol–water partition coefficient (Wildman–Crippen LogP) is 3.34. The van der Waals surface area contributed by atoms with Gasteiger partial charge in [0.1, 0.15) is 5.75 Å². The van der Waals surface area contributed by atoms with Crippen LogP contribution >= 0.6 is 27.7 Å². The number of hydrogen-bond donors (Lipinski definition) is 1. The van der Waals surface area contributed by atoms with Crippen molar-refractivity contribution in [2.75, 3.05) is 25.7 Å². The second-order valence-corrected chi connectivity index (χ2v) is 5.70. The molecule has 1 aromatic rings. The molecular formula is C13H20BrNOS. The maximum Gasteiger partial charge on any atom is 0.122 e. The van der Waals surface area contributed by atoms with Crippen LogP contribution in [0.2, 0.25) is 0 Å². The van der Waals surface area contributed by atoms with Crippen LogP contribution in [0.3, 0.4) is 0 Å². The third-order valence-corrected chi connectivity index (χ3v) is 3.80. The van der Waals surface area contributed by atoms with Gasteiger partial charge in [0.25, 0.3) is 0 Å². The lowest BCUT2D eigenvalue weighted by molar-refractivity contribution is 0.406. The molecule has 1 aromatic carbocycles. The zero-order valence-electron chi connectivity index (χ0n) is 10.6. The van der Waals surface area contributed by atoms with E-state index in [4.69, 9.17) is 4.74 Å². The van der Waals surface area contributed by atoms with E-state index in [9.17, 15) is 0 Å². The van der Waals surface area contributed by atoms with Crippen LogP contribution in [0.1, 0.15) is 12.5 Å². The fourth-order valence-electron chi connectivity index (χ4n) is 1.85. The first-order valence-corrected chi connectivity index (χ1v) is 7.94. The topological polar surface area (TPSA) is 21.3 Å². The molecule has 17 heavy (non-hydrogen) atoms. The molecule has 0 bridgehead atoms. The van der Waals surface area contributed by atoms with E-state index in [1.165, 1.54) is 5.56 Å². The van der Waals surface area contributed by atoms with E-state index in [0.717, 1.165) is 28.9 Å². The molecule has 1 rings (SSSR count). The maximum atomic E-state index is 5.40. The van der Waals surface area contributed by atoms with Crippen molar-refractivity contribution in [3.63, 3.8) is 0 Å². The number of likely N-dealkylation sites (N-methyl/N-ethyl adjacent to an activating group) is 1. The molecular weight excluding hydrogens is 298 g/mol. The largest absolute Gasteiger partial charge is 0.496 e. The molecule has 2 nitrogen and oxygen atoms in total. The summed E-state index contributed by atoms with van der Waals surface area (Å²) in [5.41, 5.74) is 1.25. The summed E-state index contributed by atoms with van der Waals surface area (Å²) in [6, 6.07) is 6.67. The zero-order valence-corrected chi connectivity index (χ0v) is 13.0. The van der Waals surface area contributed by atoms with Crippen LogP contribution in [0.4, 0.5) is 0 Å². The van der Waals surface area contributed by atoms with Crippen LogP contribution in [0.25, 0.3) is 0 Å². The first kappa shape index (κ1) is 14.9. The van der Waals surface area contributed by atoms with E-state index < -0.39 is 0 Å². The normalized spacial score (nSPS) is 12.5. The Hall–Kier alpha value is -0.190. The Labute approximate surface area is 117 Å². The molecule has 0 aliphatic carbocycles. The van der Waals surface area contributed by atoms with E-state index in [0.29, 0.717) is 6.04 Å². The molecule has 0 aromatic heterocycles.